The Bertz CT molecular complexity index is 871. The van der Waals surface area contributed by atoms with Crippen LogP contribution in [0.15, 0.2) is 24.4 Å². The number of halogens is 2. The van der Waals surface area contributed by atoms with Gasteiger partial charge in [-0.05, 0) is 18.2 Å². The molecule has 8 nitrogen and oxygen atoms in total. The summed E-state index contributed by atoms with van der Waals surface area (Å²) in [6.07, 6.45) is 1.68. The van der Waals surface area contributed by atoms with Gasteiger partial charge in [-0.2, -0.15) is 15.1 Å². The average Bonchev–Trinajstić information content (AvgIpc) is 2.94. The van der Waals surface area contributed by atoms with Gasteiger partial charge >= 0.3 is 0 Å². The molecule has 0 spiro atoms. The van der Waals surface area contributed by atoms with Gasteiger partial charge in [-0.1, -0.05) is 11.6 Å². The molecule has 0 bridgehead atoms. The molecule has 0 aliphatic heterocycles. The number of rotatable bonds is 6. The number of benzene rings is 1. The van der Waals surface area contributed by atoms with E-state index in [1.54, 1.807) is 37.2 Å². The van der Waals surface area contributed by atoms with Gasteiger partial charge in [-0.25, -0.2) is 0 Å². The Labute approximate surface area is 155 Å². The fourth-order valence-corrected chi connectivity index (χ4v) is 2.52. The maximum atomic E-state index is 9.02. The van der Waals surface area contributed by atoms with E-state index in [0.717, 1.165) is 11.1 Å². The monoisotopic (exact) mass is 384 g/mol. The standard InChI is InChI=1S/C15H17ClN6O2.ClH/c1-22-14-10(8-18-22)13(17-5-6-23)20-15(21-14)19-9-3-4-12(24-2)11(16)7-9;/h3-4,7-8,23H,5-6H2,1-2H3,(H2,17,19,20,21);1H. The summed E-state index contributed by atoms with van der Waals surface area (Å²) in [5.74, 6) is 1.59. The molecule has 0 atom stereocenters. The summed E-state index contributed by atoms with van der Waals surface area (Å²) < 4.78 is 6.80. The first-order valence-electron chi connectivity index (χ1n) is 7.27. The molecule has 0 radical (unpaired) electrons. The van der Waals surface area contributed by atoms with E-state index in [9.17, 15) is 0 Å². The van der Waals surface area contributed by atoms with Gasteiger partial charge < -0.3 is 20.5 Å². The van der Waals surface area contributed by atoms with E-state index < -0.39 is 0 Å². The van der Waals surface area contributed by atoms with Crippen LogP contribution in [0.5, 0.6) is 5.75 Å². The predicted molar refractivity (Wildman–Crippen MR) is 100 cm³/mol. The molecule has 0 saturated carbocycles. The van der Waals surface area contributed by atoms with Crippen LogP contribution in [0.3, 0.4) is 0 Å². The minimum absolute atomic E-state index is 0. The Morgan fingerprint density at radius 1 is 1.32 bits per heavy atom. The van der Waals surface area contributed by atoms with E-state index in [1.165, 1.54) is 0 Å². The Morgan fingerprint density at radius 2 is 2.12 bits per heavy atom. The third-order valence-corrected chi connectivity index (χ3v) is 3.70. The summed E-state index contributed by atoms with van der Waals surface area (Å²) in [5, 5.41) is 20.7. The van der Waals surface area contributed by atoms with Gasteiger partial charge in [0, 0.05) is 19.3 Å². The molecule has 3 aromatic rings. The maximum Gasteiger partial charge on any atom is 0.231 e. The van der Waals surface area contributed by atoms with Crippen LogP contribution in [-0.4, -0.2) is 45.1 Å². The summed E-state index contributed by atoms with van der Waals surface area (Å²) in [7, 11) is 3.37. The summed E-state index contributed by atoms with van der Waals surface area (Å²) >= 11 is 6.14. The lowest BCUT2D eigenvalue weighted by Gasteiger charge is -2.10. The zero-order chi connectivity index (χ0) is 17.1. The van der Waals surface area contributed by atoms with Crippen molar-refractivity contribution in [2.45, 2.75) is 0 Å². The van der Waals surface area contributed by atoms with E-state index >= 15 is 0 Å². The molecule has 3 N–H and O–H groups in total. The van der Waals surface area contributed by atoms with Crippen molar-refractivity contribution < 1.29 is 9.84 Å². The minimum Gasteiger partial charge on any atom is -0.495 e. The molecule has 25 heavy (non-hydrogen) atoms. The first-order chi connectivity index (χ1) is 11.6. The smallest absolute Gasteiger partial charge is 0.231 e. The van der Waals surface area contributed by atoms with Crippen LogP contribution < -0.4 is 15.4 Å². The van der Waals surface area contributed by atoms with Gasteiger partial charge in [0.2, 0.25) is 5.95 Å². The van der Waals surface area contributed by atoms with E-state index in [4.69, 9.17) is 21.4 Å². The predicted octanol–water partition coefficient (Wildman–Crippen LogP) is 2.59. The molecule has 10 heteroatoms. The van der Waals surface area contributed by atoms with E-state index in [2.05, 4.69) is 25.7 Å². The number of nitrogens with one attached hydrogen (secondary N) is 2. The largest absolute Gasteiger partial charge is 0.495 e. The molecule has 0 saturated heterocycles. The molecule has 1 aromatic carbocycles. The second kappa shape index (κ2) is 8.19. The number of ether oxygens (including phenoxy) is 1. The van der Waals surface area contributed by atoms with Crippen LogP contribution in [0.2, 0.25) is 5.02 Å². The number of hydrogen-bond donors (Lipinski definition) is 3. The number of methoxy groups -OCH3 is 1. The number of aryl methyl sites for hydroxylation is 1. The number of aliphatic hydroxyl groups excluding tert-OH is 1. The molecule has 2 heterocycles. The molecular formula is C15H18Cl2N6O2. The van der Waals surface area contributed by atoms with Crippen LogP contribution in [0, 0.1) is 0 Å². The number of hydrogen-bond acceptors (Lipinski definition) is 7. The molecule has 0 amide bonds. The van der Waals surface area contributed by atoms with Crippen molar-refractivity contribution in [3.05, 3.63) is 29.4 Å². The number of anilines is 3. The minimum atomic E-state index is 0. The fraction of sp³-hybridized carbons (Fsp3) is 0.267. The normalized spacial score (nSPS) is 10.4. The highest BCUT2D eigenvalue weighted by atomic mass is 35.5. The highest BCUT2D eigenvalue weighted by Gasteiger charge is 2.12. The summed E-state index contributed by atoms with van der Waals surface area (Å²) in [5.41, 5.74) is 1.41. The Morgan fingerprint density at radius 3 is 2.80 bits per heavy atom. The molecule has 2 aromatic heterocycles. The van der Waals surface area contributed by atoms with Crippen molar-refractivity contribution in [2.24, 2.45) is 7.05 Å². The van der Waals surface area contributed by atoms with Crippen molar-refractivity contribution >= 4 is 52.5 Å². The van der Waals surface area contributed by atoms with E-state index in [0.29, 0.717) is 34.7 Å². The molecule has 134 valence electrons. The van der Waals surface area contributed by atoms with Gasteiger partial charge in [0.05, 0.1) is 30.3 Å². The second-order valence-electron chi connectivity index (χ2n) is 5.03. The van der Waals surface area contributed by atoms with E-state index in [-0.39, 0.29) is 19.0 Å². The van der Waals surface area contributed by atoms with Crippen LogP contribution in [0.4, 0.5) is 17.5 Å². The highest BCUT2D eigenvalue weighted by molar-refractivity contribution is 6.32. The van der Waals surface area contributed by atoms with Crippen molar-refractivity contribution in [1.82, 2.24) is 19.7 Å². The zero-order valence-corrected chi connectivity index (χ0v) is 15.2. The van der Waals surface area contributed by atoms with Crippen LogP contribution in [-0.2, 0) is 7.05 Å². The lowest BCUT2D eigenvalue weighted by molar-refractivity contribution is 0.311. The third kappa shape index (κ3) is 4.04. The van der Waals surface area contributed by atoms with Crippen LogP contribution in [0.1, 0.15) is 0 Å². The average molecular weight is 385 g/mol. The van der Waals surface area contributed by atoms with Gasteiger partial charge in [0.15, 0.2) is 5.65 Å². The molecule has 0 fully saturated rings. The molecule has 3 rings (SSSR count). The first-order valence-corrected chi connectivity index (χ1v) is 7.65. The quantitative estimate of drug-likeness (QED) is 0.600. The Kier molecular flexibility index (Phi) is 6.24. The SMILES string of the molecule is COc1ccc(Nc2nc(NCCO)c3cnn(C)c3n2)cc1Cl.Cl. The topological polar surface area (TPSA) is 97.1 Å². The molecule has 0 aliphatic carbocycles. The van der Waals surface area contributed by atoms with Gasteiger partial charge in [-0.15, -0.1) is 12.4 Å². The van der Waals surface area contributed by atoms with Crippen LogP contribution >= 0.6 is 24.0 Å². The molecule has 0 aliphatic rings. The summed E-state index contributed by atoms with van der Waals surface area (Å²) in [6.45, 7) is 0.386. The number of aliphatic hydroxyl groups is 1. The van der Waals surface area contributed by atoms with Gasteiger partial charge in [-0.3, -0.25) is 4.68 Å². The van der Waals surface area contributed by atoms with Crippen molar-refractivity contribution in [2.75, 3.05) is 30.9 Å². The van der Waals surface area contributed by atoms with Gasteiger partial charge in [0.1, 0.15) is 11.6 Å². The zero-order valence-electron chi connectivity index (χ0n) is 13.7. The number of fused-ring (bicyclic) bond motifs is 1. The third-order valence-electron chi connectivity index (χ3n) is 3.40. The van der Waals surface area contributed by atoms with Crippen molar-refractivity contribution in [1.29, 1.82) is 0 Å². The summed E-state index contributed by atoms with van der Waals surface area (Å²) in [4.78, 5) is 8.92. The first kappa shape index (κ1) is 19.0. The fourth-order valence-electron chi connectivity index (χ4n) is 2.26. The van der Waals surface area contributed by atoms with Crippen LogP contribution in [0.25, 0.3) is 11.0 Å². The Balaban J connectivity index is 0.00000225. The lowest BCUT2D eigenvalue weighted by atomic mass is 10.3. The second-order valence-corrected chi connectivity index (χ2v) is 5.43. The van der Waals surface area contributed by atoms with Crippen molar-refractivity contribution in [3.63, 3.8) is 0 Å². The maximum absolute atomic E-state index is 9.02. The van der Waals surface area contributed by atoms with Crippen molar-refractivity contribution in [3.8, 4) is 5.75 Å². The van der Waals surface area contributed by atoms with E-state index in [1.807, 2.05) is 6.07 Å². The highest BCUT2D eigenvalue weighted by Crippen LogP contribution is 2.29. The number of aromatic nitrogens is 4. The summed E-state index contributed by atoms with van der Waals surface area (Å²) in [6, 6.07) is 5.32. The Hall–Kier alpha value is -2.29. The lowest BCUT2D eigenvalue weighted by Crippen LogP contribution is -2.09. The molecule has 0 unspecified atom stereocenters. The number of nitrogens with zero attached hydrogens (tertiary/aromatic N) is 4. The van der Waals surface area contributed by atoms with Gasteiger partial charge in [0.25, 0.3) is 0 Å². The molecular weight excluding hydrogens is 367 g/mol.